The molecule has 66 valence electrons. The van der Waals surface area contributed by atoms with Gasteiger partial charge < -0.3 is 10.5 Å². The van der Waals surface area contributed by atoms with Crippen LogP contribution in [0.15, 0.2) is 6.20 Å². The van der Waals surface area contributed by atoms with Gasteiger partial charge in [-0.2, -0.15) is 0 Å². The molecule has 0 spiro atoms. The maximum atomic E-state index is 5.44. The average molecular weight is 200 g/mol. The van der Waals surface area contributed by atoms with E-state index in [1.807, 2.05) is 0 Å². The van der Waals surface area contributed by atoms with E-state index in [1.165, 1.54) is 0 Å². The van der Waals surface area contributed by atoms with Crippen molar-refractivity contribution < 1.29 is 4.74 Å². The van der Waals surface area contributed by atoms with Crippen LogP contribution in [0.25, 0.3) is 0 Å². The van der Waals surface area contributed by atoms with E-state index in [0.717, 1.165) is 0 Å². The highest BCUT2D eigenvalue weighted by Gasteiger charge is 2.00. The number of nitrogens with zero attached hydrogens (tertiary/aromatic N) is 2. The number of ether oxygens (including phenoxy) is 1. The van der Waals surface area contributed by atoms with E-state index in [9.17, 15) is 0 Å². The Hall–Kier alpha value is -0.610. The van der Waals surface area contributed by atoms with Crippen LogP contribution in [-0.4, -0.2) is 16.9 Å². The predicted octanol–water partition coefficient (Wildman–Crippen LogP) is 0.854. The molecule has 0 radical (unpaired) electrons. The highest BCUT2D eigenvalue weighted by atomic mass is 35.5. The van der Waals surface area contributed by atoms with Crippen LogP contribution in [-0.2, 0) is 7.05 Å². The lowest BCUT2D eigenvalue weighted by Gasteiger charge is -1.90. The summed E-state index contributed by atoms with van der Waals surface area (Å²) in [5.74, 6) is 0.484. The lowest BCUT2D eigenvalue weighted by atomic mass is 10.6. The summed E-state index contributed by atoms with van der Waals surface area (Å²) in [5, 5.41) is 3.90. The zero-order chi connectivity index (χ0) is 6.85. The second kappa shape index (κ2) is 5.09. The Labute approximate surface area is 77.5 Å². The van der Waals surface area contributed by atoms with Crippen molar-refractivity contribution in [1.82, 2.24) is 9.78 Å². The molecule has 4 nitrogen and oxygen atoms in total. The van der Waals surface area contributed by atoms with Gasteiger partial charge in [0.25, 0.3) is 5.88 Å². The van der Waals surface area contributed by atoms with Crippen molar-refractivity contribution in [2.24, 2.45) is 7.05 Å². The van der Waals surface area contributed by atoms with Crippen molar-refractivity contribution in [3.63, 3.8) is 0 Å². The first kappa shape index (κ1) is 13.0. The summed E-state index contributed by atoms with van der Waals surface area (Å²) >= 11 is 0. The molecule has 1 aromatic heterocycles. The molecule has 0 aromatic carbocycles. The zero-order valence-corrected chi connectivity index (χ0v) is 7.91. The van der Waals surface area contributed by atoms with Crippen LogP contribution < -0.4 is 10.5 Å². The minimum atomic E-state index is 0. The Morgan fingerprint density at radius 3 is 2.27 bits per heavy atom. The highest BCUT2D eigenvalue weighted by Crippen LogP contribution is 2.15. The molecule has 1 aromatic rings. The maximum absolute atomic E-state index is 5.44. The fraction of sp³-hybridized carbons (Fsp3) is 0.400. The van der Waals surface area contributed by atoms with Gasteiger partial charge in [0.1, 0.15) is 5.69 Å². The number of halogens is 2. The molecule has 0 saturated heterocycles. The molecule has 0 bridgehead atoms. The predicted molar refractivity (Wildman–Crippen MR) is 48.7 cm³/mol. The number of nitrogens with two attached hydrogens (primary N) is 1. The first-order chi connectivity index (χ1) is 4.24. The van der Waals surface area contributed by atoms with E-state index in [-0.39, 0.29) is 24.8 Å². The topological polar surface area (TPSA) is 53.1 Å². The zero-order valence-electron chi connectivity index (χ0n) is 6.27. The van der Waals surface area contributed by atoms with Crippen molar-refractivity contribution in [2.75, 3.05) is 12.8 Å². The second-order valence-corrected chi connectivity index (χ2v) is 1.77. The molecule has 11 heavy (non-hydrogen) atoms. The van der Waals surface area contributed by atoms with E-state index < -0.39 is 0 Å². The van der Waals surface area contributed by atoms with Crippen molar-refractivity contribution >= 4 is 30.5 Å². The molecule has 0 fully saturated rings. The van der Waals surface area contributed by atoms with Crippen molar-refractivity contribution in [3.8, 4) is 5.88 Å². The molecule has 6 heteroatoms. The van der Waals surface area contributed by atoms with Crippen LogP contribution >= 0.6 is 24.8 Å². The number of nitrogen functional groups attached to an aromatic ring is 1. The Balaban J connectivity index is 0. The number of aromatic nitrogens is 2. The summed E-state index contributed by atoms with van der Waals surface area (Å²) in [6, 6.07) is 0. The number of aryl methyl sites for hydroxylation is 1. The third-order valence-corrected chi connectivity index (χ3v) is 1.01. The fourth-order valence-corrected chi connectivity index (χ4v) is 0.645. The second-order valence-electron chi connectivity index (χ2n) is 1.77. The van der Waals surface area contributed by atoms with E-state index in [2.05, 4.69) is 5.10 Å². The quantitative estimate of drug-likeness (QED) is 0.731. The smallest absolute Gasteiger partial charge is 0.255 e. The molecule has 2 N–H and O–H groups in total. The Morgan fingerprint density at radius 2 is 2.09 bits per heavy atom. The van der Waals surface area contributed by atoms with Gasteiger partial charge in [-0.1, -0.05) is 0 Å². The van der Waals surface area contributed by atoms with E-state index in [1.54, 1.807) is 25.0 Å². The molecule has 0 aliphatic carbocycles. The van der Waals surface area contributed by atoms with Gasteiger partial charge in [0.05, 0.1) is 13.3 Å². The number of hydrogen-bond donors (Lipinski definition) is 1. The van der Waals surface area contributed by atoms with Crippen LogP contribution in [0.5, 0.6) is 5.88 Å². The summed E-state index contributed by atoms with van der Waals surface area (Å²) in [6.07, 6.45) is 1.69. The molecular weight excluding hydrogens is 189 g/mol. The van der Waals surface area contributed by atoms with Gasteiger partial charge in [-0.05, 0) is 0 Å². The molecule has 1 heterocycles. The Morgan fingerprint density at radius 1 is 1.55 bits per heavy atom. The van der Waals surface area contributed by atoms with E-state index in [4.69, 9.17) is 10.5 Å². The number of methoxy groups -OCH3 is 1. The maximum Gasteiger partial charge on any atom is 0.255 e. The molecular formula is C5H11Cl2N3O. The van der Waals surface area contributed by atoms with Gasteiger partial charge in [0.2, 0.25) is 0 Å². The minimum Gasteiger partial charge on any atom is -0.478 e. The van der Waals surface area contributed by atoms with Gasteiger partial charge in [-0.15, -0.1) is 29.9 Å². The number of anilines is 1. The average Bonchev–Trinajstić information content (AvgIpc) is 2.10. The van der Waals surface area contributed by atoms with Crippen LogP contribution in [0.4, 0.5) is 5.69 Å². The molecule has 0 aliphatic rings. The standard InChI is InChI=1S/C5H9N3O.2ClH/c1-8-3-4(6)5(7-8)9-2;;/h3H,6H2,1-2H3;2*1H. The van der Waals surface area contributed by atoms with Gasteiger partial charge in [0.15, 0.2) is 0 Å². The fourth-order valence-electron chi connectivity index (χ4n) is 0.645. The summed E-state index contributed by atoms with van der Waals surface area (Å²) in [5.41, 5.74) is 6.01. The first-order valence-electron chi connectivity index (χ1n) is 2.57. The van der Waals surface area contributed by atoms with Gasteiger partial charge in [-0.3, -0.25) is 4.68 Å². The third-order valence-electron chi connectivity index (χ3n) is 1.01. The molecule has 0 atom stereocenters. The van der Waals surface area contributed by atoms with E-state index in [0.29, 0.717) is 11.6 Å². The minimum absolute atomic E-state index is 0. The van der Waals surface area contributed by atoms with Crippen LogP contribution in [0.2, 0.25) is 0 Å². The molecule has 0 amide bonds. The summed E-state index contributed by atoms with van der Waals surface area (Å²) in [6.45, 7) is 0. The van der Waals surface area contributed by atoms with Crippen molar-refractivity contribution in [1.29, 1.82) is 0 Å². The Bertz CT molecular complexity index is 213. The first-order valence-corrected chi connectivity index (χ1v) is 2.57. The van der Waals surface area contributed by atoms with Crippen LogP contribution in [0.1, 0.15) is 0 Å². The van der Waals surface area contributed by atoms with Gasteiger partial charge in [-0.25, -0.2) is 0 Å². The number of rotatable bonds is 1. The van der Waals surface area contributed by atoms with Crippen LogP contribution in [0.3, 0.4) is 0 Å². The van der Waals surface area contributed by atoms with Crippen molar-refractivity contribution in [3.05, 3.63) is 6.20 Å². The van der Waals surface area contributed by atoms with Gasteiger partial charge in [0, 0.05) is 7.05 Å². The lowest BCUT2D eigenvalue weighted by Crippen LogP contribution is -1.89. The molecule has 1 rings (SSSR count). The monoisotopic (exact) mass is 199 g/mol. The molecule has 0 unspecified atom stereocenters. The summed E-state index contributed by atoms with van der Waals surface area (Å²) in [4.78, 5) is 0. The highest BCUT2D eigenvalue weighted by molar-refractivity contribution is 5.85. The lowest BCUT2D eigenvalue weighted by molar-refractivity contribution is 0.393. The molecule has 0 aliphatic heterocycles. The molecule has 0 saturated carbocycles. The van der Waals surface area contributed by atoms with Crippen molar-refractivity contribution in [2.45, 2.75) is 0 Å². The third kappa shape index (κ3) is 2.86. The summed E-state index contributed by atoms with van der Waals surface area (Å²) < 4.78 is 6.41. The normalized spacial score (nSPS) is 7.82. The van der Waals surface area contributed by atoms with Gasteiger partial charge >= 0.3 is 0 Å². The Kier molecular flexibility index (Phi) is 6.03. The van der Waals surface area contributed by atoms with E-state index >= 15 is 0 Å². The number of hydrogen-bond acceptors (Lipinski definition) is 3. The summed E-state index contributed by atoms with van der Waals surface area (Å²) in [7, 11) is 3.33. The largest absolute Gasteiger partial charge is 0.478 e. The van der Waals surface area contributed by atoms with Crippen LogP contribution in [0, 0.1) is 0 Å². The SMILES string of the molecule is COc1nn(C)cc1N.Cl.Cl.